The van der Waals surface area contributed by atoms with E-state index in [9.17, 15) is 9.59 Å². The molecule has 2 atom stereocenters. The van der Waals surface area contributed by atoms with Gasteiger partial charge in [-0.3, -0.25) is 9.59 Å². The van der Waals surface area contributed by atoms with Crippen LogP contribution in [0.25, 0.3) is 0 Å². The standard InChI is InChI=1S/C12H22N2O2S/c1-4-17-11-6-5-10(7-11)14(3)12(16)8-13-9(2)15/h10-11H,4-8H2,1-3H3,(H,13,15)/t10-,11+/m0/s1. The van der Waals surface area contributed by atoms with Gasteiger partial charge >= 0.3 is 0 Å². The van der Waals surface area contributed by atoms with Gasteiger partial charge in [-0.15, -0.1) is 0 Å². The second-order valence-electron chi connectivity index (χ2n) is 4.46. The molecular formula is C12H22N2O2S. The molecule has 2 amide bonds. The monoisotopic (exact) mass is 258 g/mol. The second kappa shape index (κ2) is 6.89. The Kier molecular flexibility index (Phi) is 5.82. The van der Waals surface area contributed by atoms with Crippen LogP contribution in [-0.4, -0.2) is 47.4 Å². The molecule has 0 bridgehead atoms. The molecular weight excluding hydrogens is 236 g/mol. The number of hydrogen-bond acceptors (Lipinski definition) is 3. The summed E-state index contributed by atoms with van der Waals surface area (Å²) in [6.07, 6.45) is 3.36. The Labute approximate surface area is 108 Å². The number of nitrogens with one attached hydrogen (secondary N) is 1. The molecule has 0 spiro atoms. The third kappa shape index (κ3) is 4.58. The molecule has 0 aromatic heterocycles. The summed E-state index contributed by atoms with van der Waals surface area (Å²) < 4.78 is 0. The fourth-order valence-corrected chi connectivity index (χ4v) is 3.32. The number of rotatable bonds is 5. The SMILES string of the molecule is CCS[C@@H]1CC[C@H](N(C)C(=O)CNC(C)=O)C1. The highest BCUT2D eigenvalue weighted by atomic mass is 32.2. The van der Waals surface area contributed by atoms with Gasteiger partial charge in [-0.25, -0.2) is 0 Å². The molecule has 5 heteroatoms. The molecule has 0 unspecified atom stereocenters. The van der Waals surface area contributed by atoms with E-state index in [1.54, 1.807) is 4.90 Å². The minimum atomic E-state index is -0.155. The highest BCUT2D eigenvalue weighted by Crippen LogP contribution is 2.32. The quantitative estimate of drug-likeness (QED) is 0.807. The van der Waals surface area contributed by atoms with Gasteiger partial charge in [-0.2, -0.15) is 11.8 Å². The van der Waals surface area contributed by atoms with Crippen LogP contribution < -0.4 is 5.32 Å². The molecule has 1 aliphatic carbocycles. The fraction of sp³-hybridized carbons (Fsp3) is 0.833. The van der Waals surface area contributed by atoms with Crippen molar-refractivity contribution >= 4 is 23.6 Å². The van der Waals surface area contributed by atoms with Crippen molar-refractivity contribution in [2.45, 2.75) is 44.4 Å². The van der Waals surface area contributed by atoms with Crippen molar-refractivity contribution in [2.24, 2.45) is 0 Å². The molecule has 1 fully saturated rings. The maximum absolute atomic E-state index is 11.8. The summed E-state index contributed by atoms with van der Waals surface area (Å²) in [5.74, 6) is 0.992. The number of likely N-dealkylation sites (N-methyl/N-ethyl adjacent to an activating group) is 1. The molecule has 0 radical (unpaired) electrons. The van der Waals surface area contributed by atoms with Gasteiger partial charge < -0.3 is 10.2 Å². The number of nitrogens with zero attached hydrogens (tertiary/aromatic N) is 1. The summed E-state index contributed by atoms with van der Waals surface area (Å²) >= 11 is 1.98. The zero-order chi connectivity index (χ0) is 12.8. The van der Waals surface area contributed by atoms with Crippen LogP contribution in [0.1, 0.15) is 33.1 Å². The van der Waals surface area contributed by atoms with Crippen molar-refractivity contribution in [3.63, 3.8) is 0 Å². The van der Waals surface area contributed by atoms with Crippen LogP contribution in [0.2, 0.25) is 0 Å². The van der Waals surface area contributed by atoms with Crippen LogP contribution in [-0.2, 0) is 9.59 Å². The van der Waals surface area contributed by atoms with Crippen LogP contribution in [0.5, 0.6) is 0 Å². The number of carbonyl (C=O) groups excluding carboxylic acids is 2. The first-order chi connectivity index (χ1) is 8.04. The normalized spacial score (nSPS) is 23.5. The zero-order valence-electron chi connectivity index (χ0n) is 10.9. The molecule has 98 valence electrons. The number of thioether (sulfide) groups is 1. The second-order valence-corrected chi connectivity index (χ2v) is 6.04. The van der Waals surface area contributed by atoms with Gasteiger partial charge in [0.15, 0.2) is 0 Å². The smallest absolute Gasteiger partial charge is 0.241 e. The molecule has 0 aliphatic heterocycles. The minimum Gasteiger partial charge on any atom is -0.347 e. The van der Waals surface area contributed by atoms with Crippen LogP contribution in [0.4, 0.5) is 0 Å². The Morgan fingerprint density at radius 2 is 2.12 bits per heavy atom. The molecule has 1 aliphatic rings. The number of amides is 2. The van der Waals surface area contributed by atoms with Gasteiger partial charge in [0.2, 0.25) is 11.8 Å². The van der Waals surface area contributed by atoms with Gasteiger partial charge in [0.25, 0.3) is 0 Å². The van der Waals surface area contributed by atoms with Gasteiger partial charge in [-0.1, -0.05) is 6.92 Å². The van der Waals surface area contributed by atoms with Gasteiger partial charge in [0.05, 0.1) is 6.54 Å². The first-order valence-corrected chi connectivity index (χ1v) is 7.21. The average molecular weight is 258 g/mol. The Hall–Kier alpha value is -0.710. The van der Waals surface area contributed by atoms with Crippen molar-refractivity contribution < 1.29 is 9.59 Å². The van der Waals surface area contributed by atoms with Crippen molar-refractivity contribution in [1.29, 1.82) is 0 Å². The van der Waals surface area contributed by atoms with E-state index < -0.39 is 0 Å². The zero-order valence-corrected chi connectivity index (χ0v) is 11.7. The van der Waals surface area contributed by atoms with E-state index in [1.165, 1.54) is 13.3 Å². The summed E-state index contributed by atoms with van der Waals surface area (Å²) in [6, 6.07) is 0.348. The minimum absolute atomic E-state index is 0.00680. The van der Waals surface area contributed by atoms with E-state index in [-0.39, 0.29) is 18.4 Å². The number of hydrogen-bond donors (Lipinski definition) is 1. The highest BCUT2D eigenvalue weighted by Gasteiger charge is 2.29. The van der Waals surface area contributed by atoms with E-state index >= 15 is 0 Å². The fourth-order valence-electron chi connectivity index (χ4n) is 2.18. The summed E-state index contributed by atoms with van der Waals surface area (Å²) in [5, 5.41) is 3.25. The molecule has 0 saturated heterocycles. The lowest BCUT2D eigenvalue weighted by Crippen LogP contribution is -2.42. The number of carbonyl (C=O) groups is 2. The van der Waals surface area contributed by atoms with Crippen LogP contribution in [0, 0.1) is 0 Å². The summed E-state index contributed by atoms with van der Waals surface area (Å²) in [4.78, 5) is 24.3. The van der Waals surface area contributed by atoms with E-state index in [0.717, 1.165) is 18.6 Å². The molecule has 1 N–H and O–H groups in total. The molecule has 0 aromatic rings. The third-order valence-corrected chi connectivity index (χ3v) is 4.42. The van der Waals surface area contributed by atoms with Crippen LogP contribution >= 0.6 is 11.8 Å². The van der Waals surface area contributed by atoms with Crippen molar-refractivity contribution in [3.05, 3.63) is 0 Å². The van der Waals surface area contributed by atoms with E-state index in [2.05, 4.69) is 12.2 Å². The summed E-state index contributed by atoms with van der Waals surface area (Å²) in [6.45, 7) is 3.72. The first-order valence-electron chi connectivity index (χ1n) is 6.16. The van der Waals surface area contributed by atoms with E-state index in [1.807, 2.05) is 18.8 Å². The van der Waals surface area contributed by atoms with Crippen molar-refractivity contribution in [1.82, 2.24) is 10.2 Å². The topological polar surface area (TPSA) is 49.4 Å². The van der Waals surface area contributed by atoms with E-state index in [0.29, 0.717) is 11.3 Å². The van der Waals surface area contributed by atoms with E-state index in [4.69, 9.17) is 0 Å². The highest BCUT2D eigenvalue weighted by molar-refractivity contribution is 7.99. The Morgan fingerprint density at radius 1 is 1.41 bits per heavy atom. The average Bonchev–Trinajstić information content (AvgIpc) is 2.74. The van der Waals surface area contributed by atoms with Crippen LogP contribution in [0.3, 0.4) is 0 Å². The van der Waals surface area contributed by atoms with Gasteiger partial charge in [0.1, 0.15) is 0 Å². The van der Waals surface area contributed by atoms with Crippen molar-refractivity contribution in [2.75, 3.05) is 19.3 Å². The maximum atomic E-state index is 11.8. The maximum Gasteiger partial charge on any atom is 0.241 e. The lowest BCUT2D eigenvalue weighted by atomic mass is 10.2. The van der Waals surface area contributed by atoms with Crippen LogP contribution in [0.15, 0.2) is 0 Å². The van der Waals surface area contributed by atoms with Gasteiger partial charge in [-0.05, 0) is 25.0 Å². The summed E-state index contributed by atoms with van der Waals surface area (Å²) in [5.41, 5.74) is 0. The molecule has 1 saturated carbocycles. The largest absolute Gasteiger partial charge is 0.347 e. The predicted octanol–water partition coefficient (Wildman–Crippen LogP) is 1.26. The predicted molar refractivity (Wildman–Crippen MR) is 71.0 cm³/mol. The summed E-state index contributed by atoms with van der Waals surface area (Å²) in [7, 11) is 1.84. The molecule has 0 aromatic carbocycles. The molecule has 1 rings (SSSR count). The first kappa shape index (κ1) is 14.4. The Balaban J connectivity index is 2.35. The Bertz CT molecular complexity index is 284. The molecule has 17 heavy (non-hydrogen) atoms. The Morgan fingerprint density at radius 3 is 2.71 bits per heavy atom. The molecule has 0 heterocycles. The lowest BCUT2D eigenvalue weighted by molar-refractivity contribution is -0.133. The van der Waals surface area contributed by atoms with Gasteiger partial charge in [0, 0.05) is 25.3 Å². The van der Waals surface area contributed by atoms with Crippen molar-refractivity contribution in [3.8, 4) is 0 Å². The third-order valence-electron chi connectivity index (χ3n) is 3.19. The molecule has 4 nitrogen and oxygen atoms in total. The lowest BCUT2D eigenvalue weighted by Gasteiger charge is -2.24.